The van der Waals surface area contributed by atoms with Crippen molar-refractivity contribution in [2.75, 3.05) is 5.32 Å². The molecule has 0 saturated heterocycles. The Kier molecular flexibility index (Phi) is 4.50. The zero-order valence-electron chi connectivity index (χ0n) is 9.88. The van der Waals surface area contributed by atoms with Crippen molar-refractivity contribution in [3.05, 3.63) is 27.8 Å². The van der Waals surface area contributed by atoms with Crippen LogP contribution < -0.4 is 5.32 Å². The SMILES string of the molecule is CCC1CCCCC1Nc1ccccc1I. The molecule has 2 unspecified atom stereocenters. The number of hydrogen-bond acceptors (Lipinski definition) is 1. The summed E-state index contributed by atoms with van der Waals surface area (Å²) in [4.78, 5) is 0. The number of rotatable bonds is 3. The zero-order valence-corrected chi connectivity index (χ0v) is 12.0. The highest BCUT2D eigenvalue weighted by Gasteiger charge is 2.23. The van der Waals surface area contributed by atoms with Crippen molar-refractivity contribution in [2.24, 2.45) is 5.92 Å². The summed E-state index contributed by atoms with van der Waals surface area (Å²) in [5.74, 6) is 0.866. The number of anilines is 1. The van der Waals surface area contributed by atoms with Crippen LogP contribution in [0.2, 0.25) is 0 Å². The zero-order chi connectivity index (χ0) is 11.4. The van der Waals surface area contributed by atoms with Crippen molar-refractivity contribution >= 4 is 28.3 Å². The van der Waals surface area contributed by atoms with Crippen LogP contribution in [0.5, 0.6) is 0 Å². The van der Waals surface area contributed by atoms with E-state index in [0.29, 0.717) is 6.04 Å². The monoisotopic (exact) mass is 329 g/mol. The molecule has 1 aliphatic rings. The lowest BCUT2D eigenvalue weighted by atomic mass is 9.83. The molecule has 1 nitrogen and oxygen atoms in total. The molecule has 0 heterocycles. The molecule has 2 atom stereocenters. The lowest BCUT2D eigenvalue weighted by Crippen LogP contribution is -2.32. The van der Waals surface area contributed by atoms with Gasteiger partial charge in [0, 0.05) is 15.3 Å². The van der Waals surface area contributed by atoms with Gasteiger partial charge in [-0.05, 0) is 53.5 Å². The van der Waals surface area contributed by atoms with Crippen LogP contribution in [-0.4, -0.2) is 6.04 Å². The second-order valence-electron chi connectivity index (χ2n) is 4.68. The molecule has 0 radical (unpaired) electrons. The summed E-state index contributed by atoms with van der Waals surface area (Å²) in [6.45, 7) is 2.32. The van der Waals surface area contributed by atoms with Gasteiger partial charge in [0.1, 0.15) is 0 Å². The molecule has 1 N–H and O–H groups in total. The van der Waals surface area contributed by atoms with E-state index in [0.717, 1.165) is 5.92 Å². The standard InChI is InChI=1S/C14H20IN/c1-2-11-7-3-5-9-13(11)16-14-10-6-4-8-12(14)15/h4,6,8,10-11,13,16H,2-3,5,7,9H2,1H3. The molecule has 0 spiro atoms. The Balaban J connectivity index is 2.05. The van der Waals surface area contributed by atoms with Crippen LogP contribution in [0.25, 0.3) is 0 Å². The van der Waals surface area contributed by atoms with Crippen molar-refractivity contribution < 1.29 is 0 Å². The van der Waals surface area contributed by atoms with Crippen molar-refractivity contribution in [2.45, 2.75) is 45.1 Å². The molecule has 2 rings (SSSR count). The van der Waals surface area contributed by atoms with Crippen molar-refractivity contribution in [1.29, 1.82) is 0 Å². The van der Waals surface area contributed by atoms with E-state index in [1.54, 1.807) is 0 Å². The molecular formula is C14H20IN. The van der Waals surface area contributed by atoms with Crippen LogP contribution in [0.4, 0.5) is 5.69 Å². The topological polar surface area (TPSA) is 12.0 Å². The second-order valence-corrected chi connectivity index (χ2v) is 5.85. The number of nitrogens with one attached hydrogen (secondary N) is 1. The van der Waals surface area contributed by atoms with Gasteiger partial charge in [-0.25, -0.2) is 0 Å². The summed E-state index contributed by atoms with van der Waals surface area (Å²) in [5.41, 5.74) is 1.31. The van der Waals surface area contributed by atoms with Gasteiger partial charge in [-0.2, -0.15) is 0 Å². The fraction of sp³-hybridized carbons (Fsp3) is 0.571. The van der Waals surface area contributed by atoms with Gasteiger partial charge < -0.3 is 5.32 Å². The first-order valence-corrected chi connectivity index (χ1v) is 7.40. The Labute approximate surface area is 112 Å². The first-order chi connectivity index (χ1) is 7.81. The van der Waals surface area contributed by atoms with E-state index in [-0.39, 0.29) is 0 Å². The highest BCUT2D eigenvalue weighted by atomic mass is 127. The van der Waals surface area contributed by atoms with E-state index >= 15 is 0 Å². The Morgan fingerprint density at radius 1 is 1.25 bits per heavy atom. The van der Waals surface area contributed by atoms with Gasteiger partial charge in [0.2, 0.25) is 0 Å². The third-order valence-corrected chi connectivity index (χ3v) is 4.59. The molecule has 0 amide bonds. The average molecular weight is 329 g/mol. The van der Waals surface area contributed by atoms with Crippen LogP contribution in [0.3, 0.4) is 0 Å². The predicted molar refractivity (Wildman–Crippen MR) is 78.8 cm³/mol. The highest BCUT2D eigenvalue weighted by Crippen LogP contribution is 2.30. The average Bonchev–Trinajstić information content (AvgIpc) is 2.33. The Morgan fingerprint density at radius 2 is 2.00 bits per heavy atom. The fourth-order valence-corrected chi connectivity index (χ4v) is 3.21. The van der Waals surface area contributed by atoms with E-state index < -0.39 is 0 Å². The summed E-state index contributed by atoms with van der Waals surface area (Å²) in [6, 6.07) is 9.28. The van der Waals surface area contributed by atoms with Gasteiger partial charge in [0.15, 0.2) is 0 Å². The maximum Gasteiger partial charge on any atom is 0.0478 e. The maximum absolute atomic E-state index is 3.74. The molecule has 16 heavy (non-hydrogen) atoms. The largest absolute Gasteiger partial charge is 0.381 e. The second kappa shape index (κ2) is 5.89. The molecule has 2 heteroatoms. The Hall–Kier alpha value is -0.250. The molecule has 0 bridgehead atoms. The normalized spacial score (nSPS) is 25.4. The van der Waals surface area contributed by atoms with Crippen molar-refractivity contribution in [3.8, 4) is 0 Å². The van der Waals surface area contributed by atoms with Crippen LogP contribution in [0.15, 0.2) is 24.3 Å². The number of benzene rings is 1. The van der Waals surface area contributed by atoms with Gasteiger partial charge in [-0.3, -0.25) is 0 Å². The predicted octanol–water partition coefficient (Wildman–Crippen LogP) is 4.67. The maximum atomic E-state index is 3.74. The molecule has 0 aliphatic heterocycles. The lowest BCUT2D eigenvalue weighted by molar-refractivity contribution is 0.317. The molecule has 1 aliphatic carbocycles. The first kappa shape index (κ1) is 12.2. The van der Waals surface area contributed by atoms with Gasteiger partial charge in [-0.15, -0.1) is 0 Å². The number of halogens is 1. The van der Waals surface area contributed by atoms with E-state index in [1.807, 2.05) is 0 Å². The molecular weight excluding hydrogens is 309 g/mol. The third kappa shape index (κ3) is 2.90. The van der Waals surface area contributed by atoms with Crippen LogP contribution >= 0.6 is 22.6 Å². The van der Waals surface area contributed by atoms with E-state index in [9.17, 15) is 0 Å². The van der Waals surface area contributed by atoms with Crippen molar-refractivity contribution in [1.82, 2.24) is 0 Å². The van der Waals surface area contributed by atoms with Crippen LogP contribution in [0, 0.1) is 9.49 Å². The summed E-state index contributed by atoms with van der Waals surface area (Å²) < 4.78 is 1.33. The fourth-order valence-electron chi connectivity index (χ4n) is 2.66. The van der Waals surface area contributed by atoms with Crippen LogP contribution in [0.1, 0.15) is 39.0 Å². The molecule has 88 valence electrons. The third-order valence-electron chi connectivity index (χ3n) is 3.65. The highest BCUT2D eigenvalue weighted by molar-refractivity contribution is 14.1. The Bertz CT molecular complexity index is 337. The minimum atomic E-state index is 0.690. The molecule has 1 aromatic rings. The van der Waals surface area contributed by atoms with Crippen LogP contribution in [-0.2, 0) is 0 Å². The minimum absolute atomic E-state index is 0.690. The van der Waals surface area contributed by atoms with E-state index in [1.165, 1.54) is 41.4 Å². The number of hydrogen-bond donors (Lipinski definition) is 1. The first-order valence-electron chi connectivity index (χ1n) is 6.32. The van der Waals surface area contributed by atoms with E-state index in [4.69, 9.17) is 0 Å². The lowest BCUT2D eigenvalue weighted by Gasteiger charge is -2.32. The van der Waals surface area contributed by atoms with Gasteiger partial charge in [0.25, 0.3) is 0 Å². The molecule has 1 fully saturated rings. The summed E-state index contributed by atoms with van der Waals surface area (Å²) in [6.07, 6.45) is 6.85. The van der Waals surface area contributed by atoms with Gasteiger partial charge in [0.05, 0.1) is 0 Å². The molecule has 1 saturated carbocycles. The van der Waals surface area contributed by atoms with Gasteiger partial charge >= 0.3 is 0 Å². The van der Waals surface area contributed by atoms with Gasteiger partial charge in [-0.1, -0.05) is 38.3 Å². The van der Waals surface area contributed by atoms with E-state index in [2.05, 4.69) is 59.1 Å². The molecule has 0 aromatic heterocycles. The summed E-state index contributed by atoms with van der Waals surface area (Å²) in [5, 5.41) is 3.74. The van der Waals surface area contributed by atoms with Crippen molar-refractivity contribution in [3.63, 3.8) is 0 Å². The molecule has 1 aromatic carbocycles. The summed E-state index contributed by atoms with van der Waals surface area (Å²) >= 11 is 2.41. The summed E-state index contributed by atoms with van der Waals surface area (Å²) in [7, 11) is 0. The Morgan fingerprint density at radius 3 is 2.75 bits per heavy atom. The quantitative estimate of drug-likeness (QED) is 0.795. The number of para-hydroxylation sites is 1. The minimum Gasteiger partial charge on any atom is -0.381 e. The smallest absolute Gasteiger partial charge is 0.0478 e.